The highest BCUT2D eigenvalue weighted by molar-refractivity contribution is 6.30. The molecule has 3 unspecified atom stereocenters. The molecule has 3 atom stereocenters. The molecule has 2 N–H and O–H groups in total. The first kappa shape index (κ1) is 14.7. The highest BCUT2D eigenvalue weighted by atomic mass is 35.5. The van der Waals surface area contributed by atoms with E-state index in [4.69, 9.17) is 22.1 Å². The fourth-order valence-corrected chi connectivity index (χ4v) is 2.99. The molecule has 3 heteroatoms. The first-order valence-electron chi connectivity index (χ1n) is 7.25. The van der Waals surface area contributed by atoms with Crippen molar-refractivity contribution < 1.29 is 4.74 Å². The van der Waals surface area contributed by atoms with Crippen LogP contribution >= 0.6 is 11.6 Å². The van der Waals surface area contributed by atoms with Gasteiger partial charge in [-0.2, -0.15) is 0 Å². The van der Waals surface area contributed by atoms with Gasteiger partial charge in [0.1, 0.15) is 5.75 Å². The molecule has 2 rings (SSSR count). The minimum absolute atomic E-state index is 0.337. The van der Waals surface area contributed by atoms with E-state index in [1.54, 1.807) is 0 Å². The Bertz CT molecular complexity index is 421. The van der Waals surface area contributed by atoms with Crippen LogP contribution in [0.1, 0.15) is 38.7 Å². The van der Waals surface area contributed by atoms with E-state index in [1.165, 1.54) is 6.42 Å². The number of hydrogen-bond donors (Lipinski definition) is 1. The van der Waals surface area contributed by atoms with Crippen LogP contribution in [0.4, 0.5) is 0 Å². The Kier molecular flexibility index (Phi) is 5.12. The standard InChI is InChI=1S/C16H24ClNO/c1-11-3-5-15(9-12(11)2)19-16-6-4-14(17)10-13(16)7-8-18/h4,6,10-12,15H,3,5,7-9,18H2,1-2H3. The lowest BCUT2D eigenvalue weighted by Gasteiger charge is -2.32. The zero-order valence-corrected chi connectivity index (χ0v) is 12.6. The molecule has 2 nitrogen and oxygen atoms in total. The molecule has 0 aromatic heterocycles. The number of hydrogen-bond acceptors (Lipinski definition) is 2. The van der Waals surface area contributed by atoms with Crippen molar-refractivity contribution in [3.63, 3.8) is 0 Å². The molecule has 1 saturated carbocycles. The van der Waals surface area contributed by atoms with Gasteiger partial charge < -0.3 is 10.5 Å². The predicted octanol–water partition coefficient (Wildman–Crippen LogP) is 4.04. The molecule has 1 aliphatic rings. The van der Waals surface area contributed by atoms with E-state index >= 15 is 0 Å². The van der Waals surface area contributed by atoms with E-state index in [0.717, 1.165) is 47.4 Å². The normalized spacial score (nSPS) is 27.3. The minimum atomic E-state index is 0.337. The van der Waals surface area contributed by atoms with Crippen LogP contribution in [-0.4, -0.2) is 12.6 Å². The molecular weight excluding hydrogens is 258 g/mol. The highest BCUT2D eigenvalue weighted by Gasteiger charge is 2.26. The van der Waals surface area contributed by atoms with Gasteiger partial charge in [0.25, 0.3) is 0 Å². The largest absolute Gasteiger partial charge is 0.490 e. The SMILES string of the molecule is CC1CCC(Oc2ccc(Cl)cc2CCN)CC1C. The van der Waals surface area contributed by atoms with Crippen LogP contribution in [0.3, 0.4) is 0 Å². The summed E-state index contributed by atoms with van der Waals surface area (Å²) in [6, 6.07) is 5.85. The van der Waals surface area contributed by atoms with Crippen molar-refractivity contribution >= 4 is 11.6 Å². The molecule has 0 amide bonds. The second kappa shape index (κ2) is 6.62. The maximum atomic E-state index is 6.20. The summed E-state index contributed by atoms with van der Waals surface area (Å²) in [5.41, 5.74) is 6.78. The Balaban J connectivity index is 2.06. The molecule has 19 heavy (non-hydrogen) atoms. The van der Waals surface area contributed by atoms with E-state index in [0.29, 0.717) is 12.6 Å². The van der Waals surface area contributed by atoms with Crippen molar-refractivity contribution in [1.29, 1.82) is 0 Å². The Morgan fingerprint density at radius 1 is 1.26 bits per heavy atom. The van der Waals surface area contributed by atoms with Crippen LogP contribution in [0.25, 0.3) is 0 Å². The molecule has 1 aliphatic carbocycles. The molecule has 0 aliphatic heterocycles. The third-order valence-electron chi connectivity index (χ3n) is 4.28. The summed E-state index contributed by atoms with van der Waals surface area (Å²) in [6.45, 7) is 5.28. The second-order valence-corrected chi connectivity index (χ2v) is 6.23. The van der Waals surface area contributed by atoms with E-state index in [1.807, 2.05) is 18.2 Å². The fraction of sp³-hybridized carbons (Fsp3) is 0.625. The number of benzene rings is 1. The molecule has 1 aromatic carbocycles. The lowest BCUT2D eigenvalue weighted by atomic mass is 9.80. The summed E-state index contributed by atoms with van der Waals surface area (Å²) >= 11 is 6.04. The Labute approximate surface area is 121 Å². The maximum absolute atomic E-state index is 6.20. The molecule has 0 radical (unpaired) electrons. The first-order valence-corrected chi connectivity index (χ1v) is 7.63. The monoisotopic (exact) mass is 281 g/mol. The summed E-state index contributed by atoms with van der Waals surface area (Å²) in [5, 5.41) is 0.751. The van der Waals surface area contributed by atoms with Gasteiger partial charge in [-0.25, -0.2) is 0 Å². The summed E-state index contributed by atoms with van der Waals surface area (Å²) in [5.74, 6) is 2.51. The number of halogens is 1. The van der Waals surface area contributed by atoms with E-state index < -0.39 is 0 Å². The molecular formula is C16H24ClNO. The van der Waals surface area contributed by atoms with E-state index in [9.17, 15) is 0 Å². The number of nitrogens with two attached hydrogens (primary N) is 1. The summed E-state index contributed by atoms with van der Waals surface area (Å²) in [4.78, 5) is 0. The van der Waals surface area contributed by atoms with Gasteiger partial charge in [-0.3, -0.25) is 0 Å². The van der Waals surface area contributed by atoms with Crippen LogP contribution in [0.2, 0.25) is 5.02 Å². The number of ether oxygens (including phenoxy) is 1. The molecule has 0 heterocycles. The van der Waals surface area contributed by atoms with Crippen LogP contribution in [0.5, 0.6) is 5.75 Å². The van der Waals surface area contributed by atoms with Gasteiger partial charge in [0.15, 0.2) is 0 Å². The van der Waals surface area contributed by atoms with Crippen molar-refractivity contribution in [3.8, 4) is 5.75 Å². The average molecular weight is 282 g/mol. The van der Waals surface area contributed by atoms with Crippen molar-refractivity contribution in [2.45, 2.75) is 45.6 Å². The van der Waals surface area contributed by atoms with Gasteiger partial charge in [-0.1, -0.05) is 25.4 Å². The third-order valence-corrected chi connectivity index (χ3v) is 4.52. The van der Waals surface area contributed by atoms with Gasteiger partial charge in [0.05, 0.1) is 6.10 Å². The van der Waals surface area contributed by atoms with Gasteiger partial charge in [0.2, 0.25) is 0 Å². The van der Waals surface area contributed by atoms with Crippen molar-refractivity contribution in [3.05, 3.63) is 28.8 Å². The van der Waals surface area contributed by atoms with Crippen molar-refractivity contribution in [2.24, 2.45) is 17.6 Å². The zero-order chi connectivity index (χ0) is 13.8. The molecule has 1 aromatic rings. The van der Waals surface area contributed by atoms with Crippen molar-refractivity contribution in [1.82, 2.24) is 0 Å². The van der Waals surface area contributed by atoms with Gasteiger partial charge in [-0.05, 0) is 67.8 Å². The molecule has 0 bridgehead atoms. The van der Waals surface area contributed by atoms with Crippen LogP contribution in [0.15, 0.2) is 18.2 Å². The zero-order valence-electron chi connectivity index (χ0n) is 11.9. The lowest BCUT2D eigenvalue weighted by Crippen LogP contribution is -2.29. The number of rotatable bonds is 4. The van der Waals surface area contributed by atoms with Crippen LogP contribution in [-0.2, 0) is 6.42 Å². The van der Waals surface area contributed by atoms with E-state index in [2.05, 4.69) is 13.8 Å². The molecule has 106 valence electrons. The average Bonchev–Trinajstić information content (AvgIpc) is 2.37. The maximum Gasteiger partial charge on any atom is 0.123 e. The van der Waals surface area contributed by atoms with E-state index in [-0.39, 0.29) is 0 Å². The van der Waals surface area contributed by atoms with Gasteiger partial charge >= 0.3 is 0 Å². The molecule has 1 fully saturated rings. The Hall–Kier alpha value is -0.730. The van der Waals surface area contributed by atoms with Crippen LogP contribution < -0.4 is 10.5 Å². The fourth-order valence-electron chi connectivity index (χ4n) is 2.80. The van der Waals surface area contributed by atoms with Gasteiger partial charge in [-0.15, -0.1) is 0 Å². The first-order chi connectivity index (χ1) is 9.10. The third kappa shape index (κ3) is 3.87. The van der Waals surface area contributed by atoms with Crippen molar-refractivity contribution in [2.75, 3.05) is 6.54 Å². The van der Waals surface area contributed by atoms with Gasteiger partial charge in [0, 0.05) is 5.02 Å². The lowest BCUT2D eigenvalue weighted by molar-refractivity contribution is 0.0997. The predicted molar refractivity (Wildman–Crippen MR) is 80.8 cm³/mol. The summed E-state index contributed by atoms with van der Waals surface area (Å²) in [7, 11) is 0. The smallest absolute Gasteiger partial charge is 0.123 e. The highest BCUT2D eigenvalue weighted by Crippen LogP contribution is 2.33. The quantitative estimate of drug-likeness (QED) is 0.904. The Morgan fingerprint density at radius 2 is 2.05 bits per heavy atom. The minimum Gasteiger partial charge on any atom is -0.490 e. The molecule has 0 spiro atoms. The second-order valence-electron chi connectivity index (χ2n) is 5.80. The molecule has 0 saturated heterocycles. The van der Waals surface area contributed by atoms with Crippen LogP contribution in [0, 0.1) is 11.8 Å². The summed E-state index contributed by atoms with van der Waals surface area (Å²) in [6.07, 6.45) is 4.70. The summed E-state index contributed by atoms with van der Waals surface area (Å²) < 4.78 is 6.20. The topological polar surface area (TPSA) is 35.2 Å². The Morgan fingerprint density at radius 3 is 2.74 bits per heavy atom.